The summed E-state index contributed by atoms with van der Waals surface area (Å²) in [5.41, 5.74) is 7.02. The number of carbonyl (C=O) groups is 1. The van der Waals surface area contributed by atoms with Crippen LogP contribution in [0.5, 0.6) is 0 Å². The first-order valence-corrected chi connectivity index (χ1v) is 7.13. The van der Waals surface area contributed by atoms with E-state index < -0.39 is 6.09 Å². The van der Waals surface area contributed by atoms with Crippen LogP contribution in [0.2, 0.25) is 0 Å². The predicted octanol–water partition coefficient (Wildman–Crippen LogP) is 1.88. The highest BCUT2D eigenvalue weighted by molar-refractivity contribution is 5.85. The number of halogens is 1. The minimum atomic E-state index is -0.447. The highest BCUT2D eigenvalue weighted by atomic mass is 35.5. The van der Waals surface area contributed by atoms with Gasteiger partial charge in [-0.15, -0.1) is 12.4 Å². The van der Waals surface area contributed by atoms with Gasteiger partial charge in [-0.2, -0.15) is 0 Å². The van der Waals surface area contributed by atoms with Crippen molar-refractivity contribution in [2.24, 2.45) is 5.92 Å². The first-order valence-electron chi connectivity index (χ1n) is 7.13. The Balaban J connectivity index is 0.00000220. The molecular formula is C15H24ClN3O2. The molecule has 2 rings (SSSR count). The Morgan fingerprint density at radius 2 is 2.14 bits per heavy atom. The van der Waals surface area contributed by atoms with Crippen LogP contribution in [-0.2, 0) is 11.2 Å². The Bertz CT molecular complexity index is 417. The fraction of sp³-hybridized carbons (Fsp3) is 0.533. The molecule has 1 heterocycles. The topological polar surface area (TPSA) is 62.4 Å². The largest absolute Gasteiger partial charge is 0.452 e. The highest BCUT2D eigenvalue weighted by Gasteiger charge is 2.24. The molecule has 0 aromatic heterocycles. The molecule has 0 spiro atoms. The third-order valence-corrected chi connectivity index (χ3v) is 3.82. The molecule has 5 nitrogen and oxygen atoms in total. The van der Waals surface area contributed by atoms with E-state index in [-0.39, 0.29) is 18.4 Å². The number of hydrogen-bond acceptors (Lipinski definition) is 4. The molecule has 1 aromatic carbocycles. The van der Waals surface area contributed by atoms with Crippen molar-refractivity contribution < 1.29 is 9.53 Å². The van der Waals surface area contributed by atoms with Gasteiger partial charge >= 0.3 is 6.09 Å². The Morgan fingerprint density at radius 1 is 1.38 bits per heavy atom. The number of hydrazine groups is 1. The molecule has 1 aromatic rings. The molecule has 2 atom stereocenters. The number of rotatable bonds is 5. The number of hydrogen-bond donors (Lipinski definition) is 3. The average Bonchev–Trinajstić information content (AvgIpc) is 2.52. The van der Waals surface area contributed by atoms with Gasteiger partial charge in [0.15, 0.2) is 0 Å². The maximum atomic E-state index is 11.1. The molecule has 0 bridgehead atoms. The number of amides is 1. The predicted molar refractivity (Wildman–Crippen MR) is 85.5 cm³/mol. The quantitative estimate of drug-likeness (QED) is 0.726. The van der Waals surface area contributed by atoms with Crippen LogP contribution in [0.3, 0.4) is 0 Å². The smallest absolute Gasteiger partial charge is 0.421 e. The van der Waals surface area contributed by atoms with E-state index >= 15 is 0 Å². The zero-order valence-electron chi connectivity index (χ0n) is 12.3. The second-order valence-corrected chi connectivity index (χ2v) is 5.14. The number of benzene rings is 1. The summed E-state index contributed by atoms with van der Waals surface area (Å²) >= 11 is 0. The van der Waals surface area contributed by atoms with Gasteiger partial charge < -0.3 is 10.1 Å². The summed E-state index contributed by atoms with van der Waals surface area (Å²) in [5.74, 6) is 0.550. The molecule has 6 heteroatoms. The van der Waals surface area contributed by atoms with Gasteiger partial charge in [0.25, 0.3) is 0 Å². The van der Waals surface area contributed by atoms with Crippen LogP contribution in [-0.4, -0.2) is 32.3 Å². The van der Waals surface area contributed by atoms with Crippen molar-refractivity contribution in [3.05, 3.63) is 35.9 Å². The Labute approximate surface area is 132 Å². The number of methoxy groups -OCH3 is 1. The minimum absolute atomic E-state index is 0. The highest BCUT2D eigenvalue weighted by Crippen LogP contribution is 2.19. The van der Waals surface area contributed by atoms with Gasteiger partial charge in [0.2, 0.25) is 0 Å². The Kier molecular flexibility index (Phi) is 8.12. The number of carbonyl (C=O) groups excluding carboxylic acids is 1. The van der Waals surface area contributed by atoms with Gasteiger partial charge in [-0.05, 0) is 37.3 Å². The van der Waals surface area contributed by atoms with Crippen molar-refractivity contribution in [3.63, 3.8) is 0 Å². The number of aryl methyl sites for hydroxylation is 1. The van der Waals surface area contributed by atoms with Crippen LogP contribution in [0.25, 0.3) is 0 Å². The molecule has 3 N–H and O–H groups in total. The van der Waals surface area contributed by atoms with Gasteiger partial charge in [-0.3, -0.25) is 5.43 Å². The van der Waals surface area contributed by atoms with Crippen LogP contribution < -0.4 is 16.2 Å². The minimum Gasteiger partial charge on any atom is -0.452 e. The van der Waals surface area contributed by atoms with E-state index in [1.165, 1.54) is 12.7 Å². The molecule has 118 valence electrons. The standard InChI is InChI=1S/C15H23N3O2.ClH/c1-20-15(19)18-17-14-11-16-10-9-13(14)8-7-12-5-3-2-4-6-12;/h2-6,13-14,16-17H,7-11H2,1H3,(H,18,19);1H. The van der Waals surface area contributed by atoms with Crippen molar-refractivity contribution in [2.75, 3.05) is 20.2 Å². The van der Waals surface area contributed by atoms with E-state index in [1.807, 2.05) is 6.07 Å². The zero-order chi connectivity index (χ0) is 14.2. The van der Waals surface area contributed by atoms with Crippen LogP contribution in [0.1, 0.15) is 18.4 Å². The van der Waals surface area contributed by atoms with Crippen LogP contribution in [0, 0.1) is 5.92 Å². The lowest BCUT2D eigenvalue weighted by Gasteiger charge is -2.32. The maximum absolute atomic E-state index is 11.1. The van der Waals surface area contributed by atoms with E-state index in [4.69, 9.17) is 0 Å². The second kappa shape index (κ2) is 9.60. The van der Waals surface area contributed by atoms with E-state index in [1.54, 1.807) is 0 Å². The molecule has 1 amide bonds. The molecule has 0 saturated carbocycles. The van der Waals surface area contributed by atoms with E-state index in [2.05, 4.69) is 45.2 Å². The number of piperidine rings is 1. The molecule has 1 saturated heterocycles. The number of ether oxygens (including phenoxy) is 1. The zero-order valence-corrected chi connectivity index (χ0v) is 13.1. The summed E-state index contributed by atoms with van der Waals surface area (Å²) < 4.78 is 4.57. The average molecular weight is 314 g/mol. The van der Waals surface area contributed by atoms with Gasteiger partial charge in [-0.25, -0.2) is 10.2 Å². The van der Waals surface area contributed by atoms with Crippen molar-refractivity contribution in [2.45, 2.75) is 25.3 Å². The third kappa shape index (κ3) is 5.91. The summed E-state index contributed by atoms with van der Waals surface area (Å²) in [6, 6.07) is 10.8. The molecule has 0 radical (unpaired) electrons. The molecule has 1 aliphatic heterocycles. The molecule has 2 unspecified atom stereocenters. The first-order chi connectivity index (χ1) is 9.79. The molecule has 0 aliphatic carbocycles. The van der Waals surface area contributed by atoms with E-state index in [0.717, 1.165) is 32.4 Å². The normalized spacial score (nSPS) is 21.2. The van der Waals surface area contributed by atoms with E-state index in [0.29, 0.717) is 5.92 Å². The molecule has 1 aliphatic rings. The van der Waals surface area contributed by atoms with Gasteiger partial charge in [-0.1, -0.05) is 30.3 Å². The van der Waals surface area contributed by atoms with Gasteiger partial charge in [0, 0.05) is 12.6 Å². The van der Waals surface area contributed by atoms with Crippen molar-refractivity contribution >= 4 is 18.5 Å². The SMILES string of the molecule is COC(=O)NNC1CNCCC1CCc1ccccc1.Cl. The summed E-state index contributed by atoms with van der Waals surface area (Å²) in [6.07, 6.45) is 2.86. The first kappa shape index (κ1) is 17.8. The lowest BCUT2D eigenvalue weighted by atomic mass is 9.87. The number of nitrogens with one attached hydrogen (secondary N) is 3. The molecular weight excluding hydrogens is 290 g/mol. The Morgan fingerprint density at radius 3 is 2.86 bits per heavy atom. The summed E-state index contributed by atoms with van der Waals surface area (Å²) in [7, 11) is 1.36. The van der Waals surface area contributed by atoms with E-state index in [9.17, 15) is 4.79 Å². The van der Waals surface area contributed by atoms with Crippen LogP contribution in [0.15, 0.2) is 30.3 Å². The van der Waals surface area contributed by atoms with Crippen molar-refractivity contribution in [1.29, 1.82) is 0 Å². The second-order valence-electron chi connectivity index (χ2n) is 5.14. The maximum Gasteiger partial charge on any atom is 0.421 e. The summed E-state index contributed by atoms with van der Waals surface area (Å²) in [6.45, 7) is 1.90. The fourth-order valence-electron chi connectivity index (χ4n) is 2.63. The summed E-state index contributed by atoms with van der Waals surface area (Å²) in [4.78, 5) is 11.1. The fourth-order valence-corrected chi connectivity index (χ4v) is 2.63. The lowest BCUT2D eigenvalue weighted by molar-refractivity contribution is 0.156. The van der Waals surface area contributed by atoms with Gasteiger partial charge in [0.05, 0.1) is 7.11 Å². The van der Waals surface area contributed by atoms with Crippen molar-refractivity contribution in [3.8, 4) is 0 Å². The third-order valence-electron chi connectivity index (χ3n) is 3.82. The van der Waals surface area contributed by atoms with Crippen LogP contribution in [0.4, 0.5) is 4.79 Å². The molecule has 21 heavy (non-hydrogen) atoms. The van der Waals surface area contributed by atoms with Crippen LogP contribution >= 0.6 is 12.4 Å². The lowest BCUT2D eigenvalue weighted by Crippen LogP contribution is -2.55. The monoisotopic (exact) mass is 313 g/mol. The summed E-state index contributed by atoms with van der Waals surface area (Å²) in [5, 5.41) is 3.35. The molecule has 1 fully saturated rings. The van der Waals surface area contributed by atoms with Gasteiger partial charge in [0.1, 0.15) is 0 Å². The van der Waals surface area contributed by atoms with Crippen molar-refractivity contribution in [1.82, 2.24) is 16.2 Å². The Hall–Kier alpha value is -1.30.